The zero-order chi connectivity index (χ0) is 14.7. The minimum atomic E-state index is -1.33. The Balaban J connectivity index is 2.24. The molecular formula is C15H13ClO3S. The molecule has 5 heteroatoms. The normalized spacial score (nSPS) is 12.1. The van der Waals surface area contributed by atoms with E-state index in [4.69, 9.17) is 16.7 Å². The lowest BCUT2D eigenvalue weighted by Crippen LogP contribution is -2.01. The van der Waals surface area contributed by atoms with E-state index in [1.807, 2.05) is 25.1 Å². The van der Waals surface area contributed by atoms with Crippen molar-refractivity contribution in [2.75, 3.05) is 0 Å². The van der Waals surface area contributed by atoms with Crippen LogP contribution in [0.4, 0.5) is 0 Å². The number of aromatic carboxylic acids is 1. The molecule has 0 spiro atoms. The standard InChI is InChI=1S/C15H13ClO3S/c1-10-5-6-12(14(16)7-10)9-20(19)13-4-2-3-11(8-13)15(17)18/h2-8H,9H2,1H3,(H,17,18). The average Bonchev–Trinajstić information content (AvgIpc) is 2.42. The highest BCUT2D eigenvalue weighted by atomic mass is 35.5. The zero-order valence-corrected chi connectivity index (χ0v) is 12.4. The first kappa shape index (κ1) is 14.8. The summed E-state index contributed by atoms with van der Waals surface area (Å²) in [5, 5.41) is 9.51. The number of benzene rings is 2. The molecule has 2 rings (SSSR count). The maximum absolute atomic E-state index is 12.3. The SMILES string of the molecule is Cc1ccc(CS(=O)c2cccc(C(=O)O)c2)c(Cl)c1. The summed E-state index contributed by atoms with van der Waals surface area (Å²) in [7, 11) is -1.33. The predicted octanol–water partition coefficient (Wildman–Crippen LogP) is 3.65. The van der Waals surface area contributed by atoms with Crippen molar-refractivity contribution >= 4 is 28.4 Å². The van der Waals surface area contributed by atoms with E-state index in [-0.39, 0.29) is 11.3 Å². The van der Waals surface area contributed by atoms with Crippen LogP contribution in [0.25, 0.3) is 0 Å². The van der Waals surface area contributed by atoms with Gasteiger partial charge in [0, 0.05) is 9.92 Å². The van der Waals surface area contributed by atoms with E-state index in [9.17, 15) is 9.00 Å². The number of carbonyl (C=O) groups is 1. The molecule has 0 radical (unpaired) electrons. The van der Waals surface area contributed by atoms with E-state index in [0.29, 0.717) is 9.92 Å². The Morgan fingerprint density at radius 3 is 2.65 bits per heavy atom. The maximum Gasteiger partial charge on any atom is 0.335 e. The third kappa shape index (κ3) is 3.46. The second kappa shape index (κ2) is 6.20. The zero-order valence-electron chi connectivity index (χ0n) is 10.8. The van der Waals surface area contributed by atoms with Gasteiger partial charge >= 0.3 is 5.97 Å². The van der Waals surface area contributed by atoms with Gasteiger partial charge in [0.25, 0.3) is 0 Å². The monoisotopic (exact) mass is 308 g/mol. The lowest BCUT2D eigenvalue weighted by molar-refractivity contribution is 0.0696. The van der Waals surface area contributed by atoms with E-state index >= 15 is 0 Å². The van der Waals surface area contributed by atoms with Crippen LogP contribution in [0.15, 0.2) is 47.4 Å². The molecule has 0 amide bonds. The topological polar surface area (TPSA) is 54.4 Å². The summed E-state index contributed by atoms with van der Waals surface area (Å²) in [6.07, 6.45) is 0. The van der Waals surface area contributed by atoms with Gasteiger partial charge in [-0.25, -0.2) is 4.79 Å². The third-order valence-corrected chi connectivity index (χ3v) is 4.54. The summed E-state index contributed by atoms with van der Waals surface area (Å²) in [4.78, 5) is 11.4. The summed E-state index contributed by atoms with van der Waals surface area (Å²) >= 11 is 6.11. The van der Waals surface area contributed by atoms with Crippen LogP contribution in [0.2, 0.25) is 5.02 Å². The molecule has 2 aromatic carbocycles. The number of halogens is 1. The van der Waals surface area contributed by atoms with Gasteiger partial charge in [0.05, 0.1) is 22.1 Å². The highest BCUT2D eigenvalue weighted by Crippen LogP contribution is 2.21. The fourth-order valence-corrected chi connectivity index (χ4v) is 3.34. The van der Waals surface area contributed by atoms with Crippen molar-refractivity contribution in [2.24, 2.45) is 0 Å². The van der Waals surface area contributed by atoms with Crippen molar-refractivity contribution in [3.63, 3.8) is 0 Å². The van der Waals surface area contributed by atoms with Crippen LogP contribution in [0.3, 0.4) is 0 Å². The van der Waals surface area contributed by atoms with Crippen LogP contribution >= 0.6 is 11.6 Å². The van der Waals surface area contributed by atoms with Crippen LogP contribution in [-0.2, 0) is 16.6 Å². The number of carboxylic acids is 1. The lowest BCUT2D eigenvalue weighted by atomic mass is 10.2. The number of hydrogen-bond donors (Lipinski definition) is 1. The molecule has 0 aromatic heterocycles. The van der Waals surface area contributed by atoms with Crippen LogP contribution in [0.1, 0.15) is 21.5 Å². The molecule has 0 aliphatic carbocycles. The van der Waals surface area contributed by atoms with Crippen LogP contribution < -0.4 is 0 Å². The molecule has 0 saturated heterocycles. The fraction of sp³-hybridized carbons (Fsp3) is 0.133. The van der Waals surface area contributed by atoms with E-state index < -0.39 is 16.8 Å². The Morgan fingerprint density at radius 1 is 1.25 bits per heavy atom. The van der Waals surface area contributed by atoms with Crippen LogP contribution in [0, 0.1) is 6.92 Å². The van der Waals surface area contributed by atoms with Gasteiger partial charge in [-0.2, -0.15) is 0 Å². The van der Waals surface area contributed by atoms with Gasteiger partial charge in [-0.05, 0) is 42.3 Å². The Bertz CT molecular complexity index is 683. The number of carboxylic acid groups (broad SMARTS) is 1. The Labute approximate surface area is 124 Å². The molecular weight excluding hydrogens is 296 g/mol. The van der Waals surface area contributed by atoms with E-state index in [1.165, 1.54) is 12.1 Å². The highest BCUT2D eigenvalue weighted by Gasteiger charge is 2.11. The fourth-order valence-electron chi connectivity index (χ4n) is 1.76. The summed E-state index contributed by atoms with van der Waals surface area (Å²) in [6, 6.07) is 11.7. The first-order chi connectivity index (χ1) is 9.47. The van der Waals surface area contributed by atoms with Gasteiger partial charge in [0.1, 0.15) is 0 Å². The number of rotatable bonds is 4. The van der Waals surface area contributed by atoms with Crippen molar-refractivity contribution in [3.8, 4) is 0 Å². The Kier molecular flexibility index (Phi) is 4.57. The van der Waals surface area contributed by atoms with E-state index in [1.54, 1.807) is 12.1 Å². The molecule has 20 heavy (non-hydrogen) atoms. The molecule has 0 aliphatic rings. The van der Waals surface area contributed by atoms with Crippen LogP contribution in [-0.4, -0.2) is 15.3 Å². The van der Waals surface area contributed by atoms with Crippen molar-refractivity contribution < 1.29 is 14.1 Å². The smallest absolute Gasteiger partial charge is 0.335 e. The molecule has 3 nitrogen and oxygen atoms in total. The summed E-state index contributed by atoms with van der Waals surface area (Å²) in [6.45, 7) is 1.93. The van der Waals surface area contributed by atoms with Gasteiger partial charge in [0.15, 0.2) is 0 Å². The molecule has 1 unspecified atom stereocenters. The highest BCUT2D eigenvalue weighted by molar-refractivity contribution is 7.84. The van der Waals surface area contributed by atoms with Crippen LogP contribution in [0.5, 0.6) is 0 Å². The predicted molar refractivity (Wildman–Crippen MR) is 79.7 cm³/mol. The van der Waals surface area contributed by atoms with Crippen molar-refractivity contribution in [2.45, 2.75) is 17.6 Å². The summed E-state index contributed by atoms with van der Waals surface area (Å²) < 4.78 is 12.3. The molecule has 104 valence electrons. The third-order valence-electron chi connectivity index (χ3n) is 2.84. The quantitative estimate of drug-likeness (QED) is 0.938. The van der Waals surface area contributed by atoms with Gasteiger partial charge in [0.2, 0.25) is 0 Å². The van der Waals surface area contributed by atoms with Crippen molar-refractivity contribution in [3.05, 3.63) is 64.2 Å². The molecule has 1 atom stereocenters. The Morgan fingerprint density at radius 2 is 2.00 bits per heavy atom. The van der Waals surface area contributed by atoms with Crippen molar-refractivity contribution in [1.82, 2.24) is 0 Å². The first-order valence-electron chi connectivity index (χ1n) is 5.94. The largest absolute Gasteiger partial charge is 0.478 e. The molecule has 0 bridgehead atoms. The lowest BCUT2D eigenvalue weighted by Gasteiger charge is -2.06. The molecule has 1 N–H and O–H groups in total. The van der Waals surface area contributed by atoms with Gasteiger partial charge in [-0.3, -0.25) is 4.21 Å². The molecule has 0 fully saturated rings. The van der Waals surface area contributed by atoms with E-state index in [0.717, 1.165) is 11.1 Å². The second-order valence-corrected chi connectivity index (χ2v) is 6.28. The summed E-state index contributed by atoms with van der Waals surface area (Å²) in [5.41, 5.74) is 1.96. The van der Waals surface area contributed by atoms with E-state index in [2.05, 4.69) is 0 Å². The number of hydrogen-bond acceptors (Lipinski definition) is 2. The van der Waals surface area contributed by atoms with Gasteiger partial charge in [-0.1, -0.05) is 29.8 Å². The minimum absolute atomic E-state index is 0.130. The number of aryl methyl sites for hydroxylation is 1. The summed E-state index contributed by atoms with van der Waals surface area (Å²) in [5.74, 6) is -0.764. The molecule has 0 saturated carbocycles. The second-order valence-electron chi connectivity index (χ2n) is 4.42. The van der Waals surface area contributed by atoms with Crippen molar-refractivity contribution in [1.29, 1.82) is 0 Å². The minimum Gasteiger partial charge on any atom is -0.478 e. The van der Waals surface area contributed by atoms with Gasteiger partial charge < -0.3 is 5.11 Å². The van der Waals surface area contributed by atoms with Gasteiger partial charge in [-0.15, -0.1) is 0 Å². The molecule has 0 aliphatic heterocycles. The molecule has 2 aromatic rings. The Hall–Kier alpha value is -1.65. The average molecular weight is 309 g/mol. The first-order valence-corrected chi connectivity index (χ1v) is 7.64. The molecule has 0 heterocycles. The maximum atomic E-state index is 12.3.